The first-order valence-electron chi connectivity index (χ1n) is 12.0. The maximum atomic E-state index is 13.1. The summed E-state index contributed by atoms with van der Waals surface area (Å²) in [7, 11) is -3.58. The molecule has 2 aromatic rings. The van der Waals surface area contributed by atoms with E-state index in [2.05, 4.69) is 15.4 Å². The predicted molar refractivity (Wildman–Crippen MR) is 133 cm³/mol. The van der Waals surface area contributed by atoms with E-state index in [1.54, 1.807) is 17.4 Å². The van der Waals surface area contributed by atoms with Crippen molar-refractivity contribution in [1.29, 1.82) is 0 Å². The molecule has 0 bridgehead atoms. The Bertz CT molecular complexity index is 1010. The van der Waals surface area contributed by atoms with Crippen molar-refractivity contribution in [3.8, 4) is 10.4 Å². The van der Waals surface area contributed by atoms with Gasteiger partial charge in [0.25, 0.3) is 0 Å². The molecule has 1 aromatic carbocycles. The van der Waals surface area contributed by atoms with Gasteiger partial charge in [0.2, 0.25) is 10.0 Å². The molecule has 2 heterocycles. The van der Waals surface area contributed by atoms with E-state index in [1.807, 2.05) is 26.0 Å². The lowest BCUT2D eigenvalue weighted by molar-refractivity contribution is 0.345. The first kappa shape index (κ1) is 23.7. The van der Waals surface area contributed by atoms with Gasteiger partial charge in [0.1, 0.15) is 0 Å². The van der Waals surface area contributed by atoms with E-state index in [1.165, 1.54) is 38.5 Å². The van der Waals surface area contributed by atoms with Crippen molar-refractivity contribution in [3.05, 3.63) is 29.5 Å². The van der Waals surface area contributed by atoms with Gasteiger partial charge < -0.3 is 10.6 Å². The Kier molecular flexibility index (Phi) is 7.87. The van der Waals surface area contributed by atoms with Crippen molar-refractivity contribution in [2.75, 3.05) is 25.0 Å². The Labute approximate surface area is 196 Å². The van der Waals surface area contributed by atoms with Gasteiger partial charge in [-0.15, -0.1) is 0 Å². The fourth-order valence-electron chi connectivity index (χ4n) is 4.87. The van der Waals surface area contributed by atoms with Gasteiger partial charge in [0, 0.05) is 19.1 Å². The maximum Gasteiger partial charge on any atom is 0.241 e. The summed E-state index contributed by atoms with van der Waals surface area (Å²) in [5.41, 5.74) is 2.61. The second-order valence-electron chi connectivity index (χ2n) is 9.30. The van der Waals surface area contributed by atoms with Crippen LogP contribution in [-0.4, -0.2) is 39.1 Å². The molecule has 1 aliphatic heterocycles. The van der Waals surface area contributed by atoms with Crippen LogP contribution in [0.25, 0.3) is 10.4 Å². The van der Waals surface area contributed by atoms with Gasteiger partial charge in [0.15, 0.2) is 5.13 Å². The maximum absolute atomic E-state index is 13.1. The number of sulfonamides is 1. The van der Waals surface area contributed by atoms with Crippen LogP contribution in [0.1, 0.15) is 62.6 Å². The number of hydrogen-bond donors (Lipinski definition) is 3. The molecule has 3 N–H and O–H groups in total. The minimum absolute atomic E-state index is 0.0538. The largest absolute Gasteiger partial charge is 0.361 e. The van der Waals surface area contributed by atoms with E-state index >= 15 is 0 Å². The number of thiazole rings is 1. The number of aromatic nitrogens is 1. The Morgan fingerprint density at radius 1 is 1.12 bits per heavy atom. The molecule has 1 saturated carbocycles. The molecule has 32 heavy (non-hydrogen) atoms. The number of hydrogen-bond acceptors (Lipinski definition) is 6. The SMILES string of the molecule is Cc1ccc(-c2sc(NCCC3CCCCC3)nc2C)cc1S(=O)(=O)NC1CCCNC1. The molecular weight excluding hydrogens is 440 g/mol. The van der Waals surface area contributed by atoms with E-state index in [9.17, 15) is 8.42 Å². The normalized spacial score (nSPS) is 20.4. The molecule has 0 amide bonds. The smallest absolute Gasteiger partial charge is 0.241 e. The van der Waals surface area contributed by atoms with Crippen molar-refractivity contribution in [2.24, 2.45) is 5.92 Å². The van der Waals surface area contributed by atoms with Crippen molar-refractivity contribution in [1.82, 2.24) is 15.0 Å². The molecule has 1 aliphatic carbocycles. The fourth-order valence-corrected chi connectivity index (χ4v) is 7.39. The second kappa shape index (κ2) is 10.6. The van der Waals surface area contributed by atoms with Crippen LogP contribution in [-0.2, 0) is 10.0 Å². The zero-order valence-electron chi connectivity index (χ0n) is 19.2. The molecule has 2 fully saturated rings. The molecule has 1 unspecified atom stereocenters. The topological polar surface area (TPSA) is 83.1 Å². The quantitative estimate of drug-likeness (QED) is 0.508. The summed E-state index contributed by atoms with van der Waals surface area (Å²) in [6.45, 7) is 6.44. The third-order valence-electron chi connectivity index (χ3n) is 6.71. The number of benzene rings is 1. The van der Waals surface area contributed by atoms with Crippen molar-refractivity contribution < 1.29 is 8.42 Å². The van der Waals surface area contributed by atoms with Crippen LogP contribution in [0.2, 0.25) is 0 Å². The highest BCUT2D eigenvalue weighted by Crippen LogP contribution is 2.35. The molecule has 0 spiro atoms. The summed E-state index contributed by atoms with van der Waals surface area (Å²) < 4.78 is 29.1. The zero-order valence-corrected chi connectivity index (χ0v) is 20.9. The van der Waals surface area contributed by atoms with Gasteiger partial charge in [-0.25, -0.2) is 18.1 Å². The van der Waals surface area contributed by atoms with Crippen LogP contribution < -0.4 is 15.4 Å². The average molecular weight is 477 g/mol. The molecular formula is C24H36N4O2S2. The van der Waals surface area contributed by atoms with E-state index in [0.717, 1.165) is 58.7 Å². The minimum atomic E-state index is -3.58. The number of piperidine rings is 1. The molecule has 176 valence electrons. The van der Waals surface area contributed by atoms with E-state index in [-0.39, 0.29) is 6.04 Å². The van der Waals surface area contributed by atoms with Crippen LogP contribution in [0.5, 0.6) is 0 Å². The number of anilines is 1. The van der Waals surface area contributed by atoms with Gasteiger partial charge in [-0.1, -0.05) is 55.6 Å². The fraction of sp³-hybridized carbons (Fsp3) is 0.625. The first-order chi connectivity index (χ1) is 15.4. The van der Waals surface area contributed by atoms with Crippen LogP contribution in [0.4, 0.5) is 5.13 Å². The highest BCUT2D eigenvalue weighted by molar-refractivity contribution is 7.89. The van der Waals surface area contributed by atoms with Gasteiger partial charge >= 0.3 is 0 Å². The summed E-state index contributed by atoms with van der Waals surface area (Å²) >= 11 is 1.61. The standard InChI is InChI=1S/C24H36N4O2S2/c1-17-10-11-20(15-22(17)32(29,30)28-21-9-6-13-25-16-21)23-18(2)27-24(31-23)26-14-12-19-7-4-3-5-8-19/h10-11,15,19,21,25,28H,3-9,12-14,16H2,1-2H3,(H,26,27). The minimum Gasteiger partial charge on any atom is -0.361 e. The number of rotatable bonds is 8. The molecule has 2 aliphatic rings. The predicted octanol–water partition coefficient (Wildman–Crippen LogP) is 4.84. The molecule has 0 radical (unpaired) electrons. The van der Waals surface area contributed by atoms with Crippen molar-refractivity contribution in [2.45, 2.75) is 76.2 Å². The number of aryl methyl sites for hydroxylation is 2. The van der Waals surface area contributed by atoms with Gasteiger partial charge in [-0.3, -0.25) is 0 Å². The second-order valence-corrected chi connectivity index (χ2v) is 12.0. The van der Waals surface area contributed by atoms with Gasteiger partial charge in [-0.05, 0) is 62.8 Å². The number of nitrogens with zero attached hydrogens (tertiary/aromatic N) is 1. The molecule has 1 aromatic heterocycles. The lowest BCUT2D eigenvalue weighted by Gasteiger charge is -2.24. The Balaban J connectivity index is 1.46. The third kappa shape index (κ3) is 5.90. The summed E-state index contributed by atoms with van der Waals surface area (Å²) in [5.74, 6) is 0.841. The Morgan fingerprint density at radius 3 is 2.69 bits per heavy atom. The van der Waals surface area contributed by atoms with Crippen LogP contribution >= 0.6 is 11.3 Å². The van der Waals surface area contributed by atoms with E-state index in [4.69, 9.17) is 4.98 Å². The monoisotopic (exact) mass is 476 g/mol. The Morgan fingerprint density at radius 2 is 1.94 bits per heavy atom. The first-order valence-corrected chi connectivity index (χ1v) is 14.3. The highest BCUT2D eigenvalue weighted by Gasteiger charge is 2.24. The van der Waals surface area contributed by atoms with Gasteiger partial charge in [-0.2, -0.15) is 0 Å². The van der Waals surface area contributed by atoms with Crippen LogP contribution in [0.3, 0.4) is 0 Å². The zero-order chi connectivity index (χ0) is 22.6. The van der Waals surface area contributed by atoms with Gasteiger partial charge in [0.05, 0.1) is 15.5 Å². The van der Waals surface area contributed by atoms with Crippen LogP contribution in [0, 0.1) is 19.8 Å². The summed E-state index contributed by atoms with van der Waals surface area (Å²) in [6.07, 6.45) is 9.90. The third-order valence-corrected chi connectivity index (χ3v) is 9.54. The average Bonchev–Trinajstić information content (AvgIpc) is 3.15. The summed E-state index contributed by atoms with van der Waals surface area (Å²) in [5, 5.41) is 7.69. The van der Waals surface area contributed by atoms with Crippen molar-refractivity contribution >= 4 is 26.5 Å². The molecule has 4 rings (SSSR count). The summed E-state index contributed by atoms with van der Waals surface area (Å²) in [6, 6.07) is 5.66. The summed E-state index contributed by atoms with van der Waals surface area (Å²) in [4.78, 5) is 6.10. The van der Waals surface area contributed by atoms with E-state index < -0.39 is 10.0 Å². The molecule has 1 atom stereocenters. The highest BCUT2D eigenvalue weighted by atomic mass is 32.2. The number of nitrogens with one attached hydrogen (secondary N) is 3. The van der Waals surface area contributed by atoms with Crippen molar-refractivity contribution in [3.63, 3.8) is 0 Å². The van der Waals surface area contributed by atoms with Crippen LogP contribution in [0.15, 0.2) is 23.1 Å². The molecule has 1 saturated heterocycles. The van der Waals surface area contributed by atoms with E-state index in [0.29, 0.717) is 11.4 Å². The lowest BCUT2D eigenvalue weighted by Crippen LogP contribution is -2.45. The molecule has 6 nitrogen and oxygen atoms in total. The lowest BCUT2D eigenvalue weighted by atomic mass is 9.87. The molecule has 8 heteroatoms. The Hall–Kier alpha value is -1.48.